The molecule has 0 rings (SSSR count). The Balaban J connectivity index is 3.49. The second-order valence-electron chi connectivity index (χ2n) is 2.27. The quantitative estimate of drug-likeness (QED) is 0.385. The van der Waals surface area contributed by atoms with Crippen molar-refractivity contribution in [2.24, 2.45) is 0 Å². The molecule has 0 fully saturated rings. The fourth-order valence-corrected chi connectivity index (χ4v) is 0.564. The van der Waals surface area contributed by atoms with Crippen LogP contribution in [0.15, 0.2) is 0 Å². The van der Waals surface area contributed by atoms with E-state index < -0.39 is 24.6 Å². The van der Waals surface area contributed by atoms with Crippen molar-refractivity contribution in [2.75, 3.05) is 19.8 Å². The van der Waals surface area contributed by atoms with Crippen molar-refractivity contribution in [1.82, 2.24) is 10.8 Å². The van der Waals surface area contributed by atoms with E-state index in [2.05, 4.69) is 14.9 Å². The van der Waals surface area contributed by atoms with Crippen LogP contribution in [-0.4, -0.2) is 42.8 Å². The standard InChI is InChI=1S/C7H12N2O6/c1-2-14-6(12)3-8-7(13)9-15-4-5(10)11/h2-4H2,1H3,(H,10,11)(H2,8,9,13). The molecule has 0 aliphatic heterocycles. The molecule has 0 aliphatic carbocycles. The molecule has 8 nitrogen and oxygen atoms in total. The van der Waals surface area contributed by atoms with Crippen molar-refractivity contribution >= 4 is 18.0 Å². The highest BCUT2D eigenvalue weighted by Gasteiger charge is 2.05. The van der Waals surface area contributed by atoms with Gasteiger partial charge in [0.2, 0.25) is 0 Å². The number of hydrogen-bond acceptors (Lipinski definition) is 5. The number of rotatable bonds is 6. The fourth-order valence-electron chi connectivity index (χ4n) is 0.564. The molecule has 0 spiro atoms. The van der Waals surface area contributed by atoms with Crippen LogP contribution in [0.3, 0.4) is 0 Å². The van der Waals surface area contributed by atoms with E-state index in [0.717, 1.165) is 0 Å². The highest BCUT2D eigenvalue weighted by molar-refractivity contribution is 5.80. The third-order valence-corrected chi connectivity index (χ3v) is 1.06. The molecule has 0 aliphatic rings. The van der Waals surface area contributed by atoms with Gasteiger partial charge in [0.05, 0.1) is 6.61 Å². The predicted molar refractivity (Wildman–Crippen MR) is 46.8 cm³/mol. The number of nitrogens with one attached hydrogen (secondary N) is 2. The maximum absolute atomic E-state index is 10.8. The van der Waals surface area contributed by atoms with Gasteiger partial charge in [-0.2, -0.15) is 0 Å². The summed E-state index contributed by atoms with van der Waals surface area (Å²) in [5, 5.41) is 10.2. The molecule has 8 heteroatoms. The van der Waals surface area contributed by atoms with Gasteiger partial charge < -0.3 is 15.2 Å². The van der Waals surface area contributed by atoms with Crippen LogP contribution < -0.4 is 10.8 Å². The van der Waals surface area contributed by atoms with Crippen LogP contribution in [0, 0.1) is 0 Å². The Morgan fingerprint density at radius 3 is 2.53 bits per heavy atom. The molecule has 0 aromatic heterocycles. The van der Waals surface area contributed by atoms with E-state index in [-0.39, 0.29) is 13.2 Å². The van der Waals surface area contributed by atoms with Crippen LogP contribution in [0.1, 0.15) is 6.92 Å². The lowest BCUT2D eigenvalue weighted by Crippen LogP contribution is -2.39. The van der Waals surface area contributed by atoms with E-state index in [4.69, 9.17) is 5.11 Å². The summed E-state index contributed by atoms with van der Waals surface area (Å²) < 4.78 is 4.52. The first-order valence-electron chi connectivity index (χ1n) is 4.09. The first kappa shape index (κ1) is 13.2. The summed E-state index contributed by atoms with van der Waals surface area (Å²) in [7, 11) is 0. The highest BCUT2D eigenvalue weighted by atomic mass is 16.7. The van der Waals surface area contributed by atoms with Gasteiger partial charge in [-0.3, -0.25) is 9.63 Å². The second kappa shape index (κ2) is 7.56. The molecule has 86 valence electrons. The molecule has 0 aromatic rings. The zero-order valence-electron chi connectivity index (χ0n) is 8.11. The third-order valence-electron chi connectivity index (χ3n) is 1.06. The largest absolute Gasteiger partial charge is 0.479 e. The fraction of sp³-hybridized carbons (Fsp3) is 0.571. The number of carboxylic acids is 1. The molecule has 0 radical (unpaired) electrons. The van der Waals surface area contributed by atoms with Crippen LogP contribution >= 0.6 is 0 Å². The van der Waals surface area contributed by atoms with Gasteiger partial charge >= 0.3 is 18.0 Å². The zero-order valence-corrected chi connectivity index (χ0v) is 8.11. The van der Waals surface area contributed by atoms with Crippen molar-refractivity contribution in [3.8, 4) is 0 Å². The van der Waals surface area contributed by atoms with Crippen LogP contribution in [0.25, 0.3) is 0 Å². The van der Waals surface area contributed by atoms with E-state index in [1.165, 1.54) is 0 Å². The lowest BCUT2D eigenvalue weighted by Gasteiger charge is -2.05. The number of ether oxygens (including phenoxy) is 1. The molecule has 0 aromatic carbocycles. The SMILES string of the molecule is CCOC(=O)CNC(=O)NOCC(=O)O. The summed E-state index contributed by atoms with van der Waals surface area (Å²) >= 11 is 0. The smallest absolute Gasteiger partial charge is 0.339 e. The molecule has 15 heavy (non-hydrogen) atoms. The highest BCUT2D eigenvalue weighted by Crippen LogP contribution is 1.76. The lowest BCUT2D eigenvalue weighted by molar-refractivity contribution is -0.144. The van der Waals surface area contributed by atoms with E-state index >= 15 is 0 Å². The average molecular weight is 220 g/mol. The summed E-state index contributed by atoms with van der Waals surface area (Å²) in [5.74, 6) is -1.81. The first-order valence-corrected chi connectivity index (χ1v) is 4.09. The number of carboxylic acid groups (broad SMARTS) is 1. The number of carbonyl (C=O) groups is 3. The second-order valence-corrected chi connectivity index (χ2v) is 2.27. The Morgan fingerprint density at radius 1 is 1.33 bits per heavy atom. The maximum atomic E-state index is 10.8. The molecule has 0 bridgehead atoms. The number of carbonyl (C=O) groups excluding carboxylic acids is 2. The molecule has 3 N–H and O–H groups in total. The summed E-state index contributed by atoms with van der Waals surface area (Å²) in [6.07, 6.45) is 0. The normalized spacial score (nSPS) is 9.13. The average Bonchev–Trinajstić information content (AvgIpc) is 2.14. The van der Waals surface area contributed by atoms with Crippen molar-refractivity contribution in [1.29, 1.82) is 0 Å². The summed E-state index contributed by atoms with van der Waals surface area (Å²) in [6, 6.07) is -0.815. The minimum Gasteiger partial charge on any atom is -0.479 e. The van der Waals surface area contributed by atoms with E-state index in [0.29, 0.717) is 0 Å². The molecule has 0 saturated heterocycles. The van der Waals surface area contributed by atoms with E-state index in [1.54, 1.807) is 12.4 Å². The molecule has 2 amide bonds. The Hall–Kier alpha value is -1.83. The van der Waals surface area contributed by atoms with E-state index in [9.17, 15) is 14.4 Å². The predicted octanol–water partition coefficient (Wildman–Crippen LogP) is -1.14. The molecular weight excluding hydrogens is 208 g/mol. The van der Waals surface area contributed by atoms with E-state index in [1.807, 2.05) is 0 Å². The minimum atomic E-state index is -1.22. The Morgan fingerprint density at radius 2 is 2.00 bits per heavy atom. The topological polar surface area (TPSA) is 114 Å². The Labute approximate surface area is 85.5 Å². The zero-order chi connectivity index (χ0) is 11.7. The van der Waals surface area contributed by atoms with Gasteiger partial charge in [-0.05, 0) is 6.92 Å². The van der Waals surface area contributed by atoms with Crippen molar-refractivity contribution in [3.05, 3.63) is 0 Å². The van der Waals surface area contributed by atoms with Gasteiger partial charge in [-0.25, -0.2) is 15.1 Å². The van der Waals surface area contributed by atoms with Gasteiger partial charge in [-0.1, -0.05) is 0 Å². The summed E-state index contributed by atoms with van der Waals surface area (Å²) in [4.78, 5) is 35.7. The monoisotopic (exact) mass is 220 g/mol. The molecule has 0 atom stereocenters. The van der Waals surface area contributed by atoms with Crippen molar-refractivity contribution < 1.29 is 29.1 Å². The number of aliphatic carboxylic acids is 1. The lowest BCUT2D eigenvalue weighted by atomic mass is 10.6. The summed E-state index contributed by atoms with van der Waals surface area (Å²) in [5.41, 5.74) is 1.77. The van der Waals surface area contributed by atoms with Crippen molar-refractivity contribution in [3.63, 3.8) is 0 Å². The maximum Gasteiger partial charge on any atom is 0.339 e. The third kappa shape index (κ3) is 8.50. The first-order chi connectivity index (χ1) is 7.06. The van der Waals surface area contributed by atoms with Crippen LogP contribution in [0.4, 0.5) is 4.79 Å². The minimum absolute atomic E-state index is 0.220. The van der Waals surface area contributed by atoms with Gasteiger partial charge in [-0.15, -0.1) is 0 Å². The number of urea groups is 1. The van der Waals surface area contributed by atoms with Gasteiger partial charge in [0.1, 0.15) is 6.54 Å². The molecule has 0 heterocycles. The van der Waals surface area contributed by atoms with Crippen LogP contribution in [-0.2, 0) is 19.2 Å². The molecule has 0 saturated carbocycles. The number of hydroxylamine groups is 1. The number of amides is 2. The summed E-state index contributed by atoms with van der Waals surface area (Å²) in [6.45, 7) is 0.883. The molecule has 0 unspecified atom stereocenters. The van der Waals surface area contributed by atoms with Gasteiger partial charge in [0.25, 0.3) is 0 Å². The van der Waals surface area contributed by atoms with Crippen LogP contribution in [0.5, 0.6) is 0 Å². The Kier molecular flexibility index (Phi) is 6.64. The van der Waals surface area contributed by atoms with Gasteiger partial charge in [0.15, 0.2) is 6.61 Å². The van der Waals surface area contributed by atoms with Crippen molar-refractivity contribution in [2.45, 2.75) is 6.92 Å². The van der Waals surface area contributed by atoms with Crippen LogP contribution in [0.2, 0.25) is 0 Å². The Bertz CT molecular complexity index is 242. The number of hydrogen-bond donors (Lipinski definition) is 3. The molecular formula is C7H12N2O6. The number of esters is 1. The van der Waals surface area contributed by atoms with Gasteiger partial charge in [0, 0.05) is 0 Å².